The average molecular weight is 663 g/mol. The van der Waals surface area contributed by atoms with Gasteiger partial charge in [-0.2, -0.15) is 0 Å². The van der Waals surface area contributed by atoms with Crippen LogP contribution < -0.4 is 21.2 Å². The molecule has 0 saturated heterocycles. The van der Waals surface area contributed by atoms with E-state index in [1.807, 2.05) is 0 Å². The van der Waals surface area contributed by atoms with Crippen LogP contribution in [0.25, 0.3) is 0 Å². The first-order chi connectivity index (χ1) is 22.2. The van der Waals surface area contributed by atoms with Crippen molar-refractivity contribution in [3.8, 4) is 0 Å². The Bertz CT molecular complexity index is 1670. The van der Waals surface area contributed by atoms with E-state index in [9.17, 15) is 0 Å². The van der Waals surface area contributed by atoms with Crippen molar-refractivity contribution in [3.05, 3.63) is 125 Å². The predicted molar refractivity (Wildman–Crippen MR) is 213 cm³/mol. The van der Waals surface area contributed by atoms with Gasteiger partial charge in [0, 0.05) is 27.3 Å². The fourth-order valence-electron chi connectivity index (χ4n) is 7.31. The van der Waals surface area contributed by atoms with E-state index >= 15 is 0 Å². The molecule has 0 bridgehead atoms. The van der Waals surface area contributed by atoms with Crippen LogP contribution in [-0.4, -0.2) is 11.3 Å². The Labute approximate surface area is 287 Å². The molecule has 4 aromatic rings. The largest absolute Gasteiger partial charge is 0.358 e. The quantitative estimate of drug-likeness (QED) is 0.177. The second-order valence-electron chi connectivity index (χ2n) is 15.6. The van der Waals surface area contributed by atoms with Crippen LogP contribution in [0.5, 0.6) is 0 Å². The highest BCUT2D eigenvalue weighted by atomic mass is 31.2. The van der Waals surface area contributed by atoms with Gasteiger partial charge in [-0.1, -0.05) is 174 Å². The van der Waals surface area contributed by atoms with Gasteiger partial charge in [0.1, 0.15) is 0 Å². The number of allylic oxidation sites excluding steroid dienone is 2. The summed E-state index contributed by atoms with van der Waals surface area (Å²) in [6.07, 6.45) is 3.20. The summed E-state index contributed by atoms with van der Waals surface area (Å²) in [4.78, 5) is 0. The van der Waals surface area contributed by atoms with Gasteiger partial charge in [-0.05, 0) is 63.9 Å². The van der Waals surface area contributed by atoms with Crippen molar-refractivity contribution in [2.75, 3.05) is 5.32 Å². The van der Waals surface area contributed by atoms with Crippen LogP contribution in [0.3, 0.4) is 0 Å². The van der Waals surface area contributed by atoms with Crippen molar-refractivity contribution in [3.63, 3.8) is 0 Å². The summed E-state index contributed by atoms with van der Waals surface area (Å²) in [5.41, 5.74) is 7.72. The fourth-order valence-corrected chi connectivity index (χ4v) is 14.4. The maximum atomic E-state index is 6.16. The molecule has 0 fully saturated rings. The zero-order valence-corrected chi connectivity index (χ0v) is 32.2. The van der Waals surface area contributed by atoms with E-state index in [4.69, 9.17) is 4.74 Å². The molecule has 2 nitrogen and oxygen atoms in total. The van der Waals surface area contributed by atoms with E-state index < -0.39 is 15.0 Å². The molecule has 4 aromatic carbocycles. The molecule has 0 unspecified atom stereocenters. The molecule has 0 aromatic heterocycles. The SMILES string of the molecule is CC(C)P(c1ccccc1N=P(C1=C(Nc2c(C(C)(C)C)cccc2C(C)(C)C)CCC1)(c1ccccc1)c1ccccc1)C(C)C. The van der Waals surface area contributed by atoms with E-state index in [2.05, 4.69) is 178 Å². The maximum Gasteiger partial charge on any atom is 0.0702 e. The van der Waals surface area contributed by atoms with Crippen molar-refractivity contribution >= 4 is 42.3 Å². The summed E-state index contributed by atoms with van der Waals surface area (Å²) < 4.78 is 6.16. The van der Waals surface area contributed by atoms with Crippen LogP contribution in [0.15, 0.2) is 119 Å². The number of nitrogens with one attached hydrogen (secondary N) is 1. The smallest absolute Gasteiger partial charge is 0.0702 e. The Kier molecular flexibility index (Phi) is 10.8. The molecule has 0 amide bonds. The lowest BCUT2D eigenvalue weighted by atomic mass is 9.78. The Balaban J connectivity index is 1.90. The first kappa shape index (κ1) is 35.4. The summed E-state index contributed by atoms with van der Waals surface area (Å²) in [5.74, 6) is 0. The van der Waals surface area contributed by atoms with Crippen molar-refractivity contribution in [2.24, 2.45) is 4.74 Å². The zero-order chi connectivity index (χ0) is 34.0. The number of para-hydroxylation sites is 1. The fraction of sp³-hybridized carbons (Fsp3) is 0.395. The third-order valence-electron chi connectivity index (χ3n) is 9.33. The summed E-state index contributed by atoms with van der Waals surface area (Å²) in [6.45, 7) is 23.6. The number of hydrogen-bond donors (Lipinski definition) is 1. The standard InChI is InChI=1S/C43H56N2P2/c1-31(2)46(32(3)4)39-29-18-17-27-37(39)45-47(33-21-13-11-14-22-33,34-23-15-12-16-24-34)40-30-20-28-38(40)44-41-35(42(5,6)7)25-19-26-36(41)43(8,9)10/h11-19,21-27,29,31-32,44H,20,28,30H2,1-10H3. The van der Waals surface area contributed by atoms with Crippen LogP contribution in [0.2, 0.25) is 0 Å². The number of benzene rings is 4. The molecule has 0 saturated carbocycles. The molecule has 1 aliphatic rings. The monoisotopic (exact) mass is 662 g/mol. The minimum absolute atomic E-state index is 0.00217. The van der Waals surface area contributed by atoms with Crippen LogP contribution in [0, 0.1) is 0 Å². The summed E-state index contributed by atoms with van der Waals surface area (Å²) in [7, 11) is -2.84. The third kappa shape index (κ3) is 7.41. The second kappa shape index (κ2) is 14.3. The van der Waals surface area contributed by atoms with Gasteiger partial charge < -0.3 is 5.32 Å². The molecule has 248 valence electrons. The minimum Gasteiger partial charge on any atom is -0.358 e. The molecule has 0 heterocycles. The number of anilines is 1. The van der Waals surface area contributed by atoms with Crippen LogP contribution in [-0.2, 0) is 10.8 Å². The van der Waals surface area contributed by atoms with E-state index in [1.54, 1.807) is 0 Å². The van der Waals surface area contributed by atoms with E-state index in [1.165, 1.54) is 49.4 Å². The van der Waals surface area contributed by atoms with Gasteiger partial charge in [-0.15, -0.1) is 0 Å². The molecule has 0 atom stereocenters. The van der Waals surface area contributed by atoms with E-state index in [0.717, 1.165) is 19.3 Å². The normalized spacial score (nSPS) is 14.4. The molecule has 1 aliphatic carbocycles. The van der Waals surface area contributed by atoms with Gasteiger partial charge in [-0.25, -0.2) is 0 Å². The highest BCUT2D eigenvalue weighted by Crippen LogP contribution is 2.63. The first-order valence-electron chi connectivity index (χ1n) is 17.5. The molecule has 0 aliphatic heterocycles. The number of nitrogens with zero attached hydrogens (tertiary/aromatic N) is 1. The van der Waals surface area contributed by atoms with Crippen molar-refractivity contribution < 1.29 is 0 Å². The number of rotatable bonds is 9. The Morgan fingerprint density at radius 3 is 1.60 bits per heavy atom. The molecular formula is C43H56N2P2. The molecule has 47 heavy (non-hydrogen) atoms. The topological polar surface area (TPSA) is 24.4 Å². The van der Waals surface area contributed by atoms with Gasteiger partial charge in [0.05, 0.1) is 12.7 Å². The molecule has 0 radical (unpaired) electrons. The lowest BCUT2D eigenvalue weighted by Crippen LogP contribution is -2.22. The zero-order valence-electron chi connectivity index (χ0n) is 30.4. The highest BCUT2D eigenvalue weighted by Gasteiger charge is 2.36. The Morgan fingerprint density at radius 1 is 0.617 bits per heavy atom. The maximum absolute atomic E-state index is 6.16. The van der Waals surface area contributed by atoms with Gasteiger partial charge in [-0.3, -0.25) is 4.74 Å². The molecule has 5 rings (SSSR count). The van der Waals surface area contributed by atoms with Gasteiger partial charge in [0.15, 0.2) is 0 Å². The second-order valence-corrected chi connectivity index (χ2v) is 22.0. The van der Waals surface area contributed by atoms with E-state index in [-0.39, 0.29) is 10.8 Å². The van der Waals surface area contributed by atoms with Gasteiger partial charge >= 0.3 is 0 Å². The minimum atomic E-state index is -2.45. The Hall–Kier alpha value is -2.92. The summed E-state index contributed by atoms with van der Waals surface area (Å²) in [6, 6.07) is 38.5. The average Bonchev–Trinajstić information content (AvgIpc) is 3.48. The lowest BCUT2D eigenvalue weighted by Gasteiger charge is -2.33. The lowest BCUT2D eigenvalue weighted by molar-refractivity contribution is 0.572. The van der Waals surface area contributed by atoms with Gasteiger partial charge in [0.25, 0.3) is 0 Å². The predicted octanol–water partition coefficient (Wildman–Crippen LogP) is 12.2. The first-order valence-corrected chi connectivity index (χ1v) is 20.7. The Morgan fingerprint density at radius 2 is 1.11 bits per heavy atom. The van der Waals surface area contributed by atoms with Crippen LogP contribution in [0.4, 0.5) is 11.4 Å². The molecular weight excluding hydrogens is 606 g/mol. The molecule has 1 N–H and O–H groups in total. The third-order valence-corrected chi connectivity index (χ3v) is 16.4. The van der Waals surface area contributed by atoms with Crippen molar-refractivity contribution in [1.82, 2.24) is 0 Å². The van der Waals surface area contributed by atoms with Crippen LogP contribution in [0.1, 0.15) is 99.6 Å². The van der Waals surface area contributed by atoms with Gasteiger partial charge in [0.2, 0.25) is 0 Å². The number of hydrogen-bond acceptors (Lipinski definition) is 2. The summed E-state index contributed by atoms with van der Waals surface area (Å²) in [5, 5.41) is 9.78. The highest BCUT2D eigenvalue weighted by molar-refractivity contribution is 7.84. The molecule has 0 spiro atoms. The van der Waals surface area contributed by atoms with Crippen molar-refractivity contribution in [1.29, 1.82) is 0 Å². The van der Waals surface area contributed by atoms with Crippen molar-refractivity contribution in [2.45, 2.75) is 111 Å². The molecule has 4 heteroatoms. The van der Waals surface area contributed by atoms with Crippen LogP contribution >= 0.6 is 15.0 Å². The summed E-state index contributed by atoms with van der Waals surface area (Å²) >= 11 is 0. The van der Waals surface area contributed by atoms with E-state index in [0.29, 0.717) is 11.3 Å².